The summed E-state index contributed by atoms with van der Waals surface area (Å²) in [4.78, 5) is 54.6. The fourth-order valence-electron chi connectivity index (χ4n) is 3.53. The summed E-state index contributed by atoms with van der Waals surface area (Å²) in [5.74, 6) is -2.24. The van der Waals surface area contributed by atoms with Gasteiger partial charge in [-0.1, -0.05) is 5.16 Å². The van der Waals surface area contributed by atoms with E-state index in [0.717, 1.165) is 11.3 Å². The highest BCUT2D eigenvalue weighted by Crippen LogP contribution is 2.43. The van der Waals surface area contributed by atoms with Crippen LogP contribution in [0.1, 0.15) is 19.5 Å². The lowest BCUT2D eigenvalue weighted by atomic mass is 9.88. The van der Waals surface area contributed by atoms with Gasteiger partial charge in [0.1, 0.15) is 22.5 Å². The van der Waals surface area contributed by atoms with Crippen LogP contribution in [-0.2, 0) is 33.4 Å². The van der Waals surface area contributed by atoms with Gasteiger partial charge in [0.05, 0.1) is 6.61 Å². The van der Waals surface area contributed by atoms with Gasteiger partial charge in [-0.05, 0) is 0 Å². The van der Waals surface area contributed by atoms with Gasteiger partial charge < -0.3 is 35.4 Å². The van der Waals surface area contributed by atoms with Crippen molar-refractivity contribution in [2.75, 3.05) is 31.7 Å². The van der Waals surface area contributed by atoms with Crippen molar-refractivity contribution in [2.45, 2.75) is 31.6 Å². The lowest BCUT2D eigenvalue weighted by molar-refractivity contribution is -0.194. The Morgan fingerprint density at radius 2 is 2.18 bits per heavy atom. The number of amides is 2. The Hall–Kier alpha value is -2.91. The average molecular weight is 502 g/mol. The Kier molecular flexibility index (Phi) is 7.44. The molecular weight excluding hydrogens is 478 g/mol. The lowest BCUT2D eigenvalue weighted by Gasteiger charge is -2.53. The molecule has 2 aliphatic rings. The molecule has 0 radical (unpaired) electrons. The molecule has 3 rings (SSSR count). The third kappa shape index (κ3) is 5.04. The van der Waals surface area contributed by atoms with Crippen molar-refractivity contribution in [2.24, 2.45) is 10.6 Å². The molecule has 0 bridgehead atoms. The molecule has 0 aliphatic carbocycles. The second-order valence-corrected chi connectivity index (χ2v) is 9.43. The summed E-state index contributed by atoms with van der Waals surface area (Å²) >= 11 is 2.34. The van der Waals surface area contributed by atoms with E-state index in [9.17, 15) is 24.4 Å². The number of hydrogen-bond donors (Lipinski definition) is 3. The Morgan fingerprint density at radius 3 is 2.76 bits per heavy atom. The number of hydrogen-bond acceptors (Lipinski definition) is 13. The summed E-state index contributed by atoms with van der Waals surface area (Å²) in [5, 5.41) is 16.0. The van der Waals surface area contributed by atoms with Crippen molar-refractivity contribution in [3.05, 3.63) is 11.1 Å². The number of nitrogens with two attached hydrogens (primary N) is 1. The van der Waals surface area contributed by atoms with E-state index in [1.807, 2.05) is 0 Å². The number of oxime groups is 1. The molecule has 4 atom stereocenters. The molecular formula is C18H23N5O8S2. The van der Waals surface area contributed by atoms with Crippen LogP contribution in [0.5, 0.6) is 0 Å². The quantitative estimate of drug-likeness (QED) is 0.103. The summed E-state index contributed by atoms with van der Waals surface area (Å²) in [6.45, 7) is 2.58. The van der Waals surface area contributed by atoms with E-state index < -0.39 is 46.9 Å². The largest absolute Gasteiger partial charge is 0.426 e. The summed E-state index contributed by atoms with van der Waals surface area (Å²) in [6.07, 6.45) is -1.10. The summed E-state index contributed by atoms with van der Waals surface area (Å²) < 4.78 is 15.3. The number of nitrogens with one attached hydrogen (secondary N) is 1. The molecule has 2 fully saturated rings. The van der Waals surface area contributed by atoms with Gasteiger partial charge in [0.15, 0.2) is 10.8 Å². The van der Waals surface area contributed by atoms with Crippen LogP contribution in [0, 0.1) is 5.41 Å². The Morgan fingerprint density at radius 1 is 1.45 bits per heavy atom. The number of carbonyl (C=O) groups excluding carboxylic acids is 4. The first-order valence-electron chi connectivity index (χ1n) is 9.65. The number of β-lactam (4-membered cyclic amide) rings is 1. The predicted octanol–water partition coefficient (Wildman–Crippen LogP) is -0.611. The highest BCUT2D eigenvalue weighted by atomic mass is 32.2. The third-order valence-electron chi connectivity index (χ3n) is 4.97. The zero-order chi connectivity index (χ0) is 24.3. The molecule has 4 N–H and O–H groups in total. The number of ether oxygens (including phenoxy) is 3. The van der Waals surface area contributed by atoms with E-state index in [1.165, 1.54) is 43.0 Å². The molecule has 0 aromatic carbocycles. The molecule has 2 aliphatic heterocycles. The fourth-order valence-corrected chi connectivity index (χ4v) is 5.59. The number of anilines is 1. The van der Waals surface area contributed by atoms with Gasteiger partial charge in [0, 0.05) is 38.6 Å². The Labute approximate surface area is 196 Å². The molecule has 0 saturated carbocycles. The Bertz CT molecular complexity index is 985. The molecule has 2 amide bonds. The van der Waals surface area contributed by atoms with Gasteiger partial charge >= 0.3 is 11.9 Å². The van der Waals surface area contributed by atoms with Crippen LogP contribution in [0.4, 0.5) is 5.13 Å². The van der Waals surface area contributed by atoms with Crippen molar-refractivity contribution in [1.82, 2.24) is 15.2 Å². The molecule has 13 nitrogen and oxygen atoms in total. The number of carbonyl (C=O) groups is 4. The predicted molar refractivity (Wildman–Crippen MR) is 116 cm³/mol. The van der Waals surface area contributed by atoms with Crippen LogP contribution in [-0.4, -0.2) is 88.3 Å². The highest BCUT2D eigenvalue weighted by Gasteiger charge is 2.58. The van der Waals surface area contributed by atoms with E-state index in [-0.39, 0.29) is 35.4 Å². The van der Waals surface area contributed by atoms with Crippen molar-refractivity contribution < 1.29 is 38.6 Å². The molecule has 180 valence electrons. The summed E-state index contributed by atoms with van der Waals surface area (Å²) in [7, 11) is 1.42. The Balaban J connectivity index is 1.66. The van der Waals surface area contributed by atoms with E-state index >= 15 is 0 Å². The molecule has 33 heavy (non-hydrogen) atoms. The number of fused-ring (bicyclic) bond motifs is 1. The first kappa shape index (κ1) is 24.7. The summed E-state index contributed by atoms with van der Waals surface area (Å²) in [6, 6.07) is -0.883. The lowest BCUT2D eigenvalue weighted by Crippen LogP contribution is -2.74. The minimum absolute atomic E-state index is 0.00109. The average Bonchev–Trinajstić information content (AvgIpc) is 3.17. The minimum atomic E-state index is -1.18. The van der Waals surface area contributed by atoms with Crippen molar-refractivity contribution in [3.63, 3.8) is 0 Å². The molecule has 3 unspecified atom stereocenters. The van der Waals surface area contributed by atoms with Crippen LogP contribution >= 0.6 is 23.1 Å². The van der Waals surface area contributed by atoms with Crippen LogP contribution in [0.3, 0.4) is 0 Å². The zero-order valence-corrected chi connectivity index (χ0v) is 19.6. The van der Waals surface area contributed by atoms with E-state index in [0.29, 0.717) is 0 Å². The van der Waals surface area contributed by atoms with Gasteiger partial charge in [0.2, 0.25) is 12.2 Å². The fraction of sp³-hybridized carbons (Fsp3) is 0.556. The number of thiazole rings is 1. The first-order valence-corrected chi connectivity index (χ1v) is 11.6. The normalized spacial score (nSPS) is 25.5. The SMILES string of the molecule is COCC1(C(=O)OC(C)OC(C)=O)CS[C@@H]2C(NC(=O)C(=NO)c3csc(N)n3)C(=O)N2C1. The van der Waals surface area contributed by atoms with E-state index in [2.05, 4.69) is 15.5 Å². The zero-order valence-electron chi connectivity index (χ0n) is 18.0. The number of esters is 2. The van der Waals surface area contributed by atoms with Crippen molar-refractivity contribution in [3.8, 4) is 0 Å². The number of nitrogen functional groups attached to an aromatic ring is 1. The summed E-state index contributed by atoms with van der Waals surface area (Å²) in [5.41, 5.74) is 4.09. The first-order chi connectivity index (χ1) is 15.6. The maximum atomic E-state index is 12.9. The molecule has 2 saturated heterocycles. The molecule has 15 heteroatoms. The monoisotopic (exact) mass is 501 g/mol. The molecule has 0 spiro atoms. The number of rotatable bonds is 8. The number of aromatic nitrogens is 1. The van der Waals surface area contributed by atoms with Crippen LogP contribution < -0.4 is 11.1 Å². The minimum Gasteiger partial charge on any atom is -0.426 e. The van der Waals surface area contributed by atoms with Crippen LogP contribution in [0.15, 0.2) is 10.5 Å². The molecule has 1 aromatic heterocycles. The second kappa shape index (κ2) is 9.93. The topological polar surface area (TPSA) is 183 Å². The molecule has 3 heterocycles. The second-order valence-electron chi connectivity index (χ2n) is 7.43. The number of methoxy groups -OCH3 is 1. The third-order valence-corrected chi connectivity index (χ3v) is 7.23. The van der Waals surface area contributed by atoms with Gasteiger partial charge in [-0.25, -0.2) is 4.98 Å². The maximum absolute atomic E-state index is 12.9. The van der Waals surface area contributed by atoms with Gasteiger partial charge in [-0.3, -0.25) is 19.2 Å². The maximum Gasteiger partial charge on any atom is 0.320 e. The van der Waals surface area contributed by atoms with Crippen LogP contribution in [0.2, 0.25) is 0 Å². The standard InChI is InChI=1S/C18H23N5O8S2/c1-8(24)30-9(2)31-16(27)18(6-29-3)5-23-14(26)12(15(23)33-7-18)21-13(25)11(22-28)10-4-32-17(19)20-10/h4,9,12,15,28H,5-7H2,1-3H3,(H2,19,20)(H,21,25)/t9?,12?,15-,18?/m1/s1. The molecule has 1 aromatic rings. The van der Waals surface area contributed by atoms with E-state index in [1.54, 1.807) is 0 Å². The van der Waals surface area contributed by atoms with Gasteiger partial charge in [0.25, 0.3) is 5.91 Å². The van der Waals surface area contributed by atoms with Crippen LogP contribution in [0.25, 0.3) is 0 Å². The number of thioether (sulfide) groups is 1. The smallest absolute Gasteiger partial charge is 0.320 e. The highest BCUT2D eigenvalue weighted by molar-refractivity contribution is 8.00. The van der Waals surface area contributed by atoms with Gasteiger partial charge in [-0.15, -0.1) is 23.1 Å². The number of nitrogens with zero attached hydrogens (tertiary/aromatic N) is 3. The van der Waals surface area contributed by atoms with Gasteiger partial charge in [-0.2, -0.15) is 0 Å². The van der Waals surface area contributed by atoms with Crippen molar-refractivity contribution >= 4 is 57.7 Å². The van der Waals surface area contributed by atoms with E-state index in [4.69, 9.17) is 19.9 Å². The van der Waals surface area contributed by atoms with Crippen molar-refractivity contribution in [1.29, 1.82) is 0 Å².